The molecular weight excluding hydrogens is 230 g/mol. The Labute approximate surface area is 109 Å². The summed E-state index contributed by atoms with van der Waals surface area (Å²) in [4.78, 5) is 0. The summed E-state index contributed by atoms with van der Waals surface area (Å²) >= 11 is 6.07. The van der Waals surface area contributed by atoms with Crippen LogP contribution in [-0.2, 0) is 5.54 Å². The van der Waals surface area contributed by atoms with Crippen molar-refractivity contribution >= 4 is 11.6 Å². The summed E-state index contributed by atoms with van der Waals surface area (Å²) in [5, 5.41) is 0.795. The molecule has 1 aromatic rings. The van der Waals surface area contributed by atoms with Crippen LogP contribution >= 0.6 is 11.6 Å². The molecule has 1 saturated carbocycles. The van der Waals surface area contributed by atoms with Gasteiger partial charge in [-0.2, -0.15) is 0 Å². The van der Waals surface area contributed by atoms with E-state index in [0.29, 0.717) is 0 Å². The van der Waals surface area contributed by atoms with E-state index >= 15 is 0 Å². The predicted octanol–water partition coefficient (Wildman–Crippen LogP) is 4.48. The molecule has 2 unspecified atom stereocenters. The van der Waals surface area contributed by atoms with Crippen molar-refractivity contribution in [2.45, 2.75) is 51.0 Å². The Kier molecular flexibility index (Phi) is 4.11. The van der Waals surface area contributed by atoms with E-state index in [1.807, 2.05) is 18.2 Å². The highest BCUT2D eigenvalue weighted by molar-refractivity contribution is 6.30. The van der Waals surface area contributed by atoms with E-state index in [0.717, 1.165) is 23.8 Å². The van der Waals surface area contributed by atoms with Gasteiger partial charge in [0.25, 0.3) is 0 Å². The van der Waals surface area contributed by atoms with Crippen LogP contribution < -0.4 is 5.73 Å². The average molecular weight is 252 g/mol. The molecule has 2 heteroatoms. The highest BCUT2D eigenvalue weighted by atomic mass is 35.5. The van der Waals surface area contributed by atoms with Gasteiger partial charge >= 0.3 is 0 Å². The molecule has 1 nitrogen and oxygen atoms in total. The van der Waals surface area contributed by atoms with Crippen LogP contribution in [0.2, 0.25) is 5.02 Å². The first kappa shape index (κ1) is 12.9. The van der Waals surface area contributed by atoms with Gasteiger partial charge in [0.2, 0.25) is 0 Å². The molecule has 0 aliphatic heterocycles. The van der Waals surface area contributed by atoms with Crippen LogP contribution in [0, 0.1) is 5.92 Å². The van der Waals surface area contributed by atoms with Crippen molar-refractivity contribution in [3.05, 3.63) is 34.9 Å². The Morgan fingerprint density at radius 2 is 2.18 bits per heavy atom. The molecule has 0 bridgehead atoms. The summed E-state index contributed by atoms with van der Waals surface area (Å²) in [6.45, 7) is 2.29. The molecule has 17 heavy (non-hydrogen) atoms. The fraction of sp³-hybridized carbons (Fsp3) is 0.600. The van der Waals surface area contributed by atoms with Crippen molar-refractivity contribution in [1.29, 1.82) is 0 Å². The molecule has 2 rings (SSSR count). The second kappa shape index (κ2) is 5.41. The van der Waals surface area contributed by atoms with Crippen LogP contribution in [-0.4, -0.2) is 0 Å². The number of hydrogen-bond donors (Lipinski definition) is 1. The third kappa shape index (κ3) is 3.02. The normalized spacial score (nSPS) is 29.9. The van der Waals surface area contributed by atoms with E-state index in [1.54, 1.807) is 0 Å². The van der Waals surface area contributed by atoms with Crippen molar-refractivity contribution in [1.82, 2.24) is 0 Å². The Hall–Kier alpha value is -0.530. The van der Waals surface area contributed by atoms with E-state index in [1.165, 1.54) is 31.2 Å². The minimum absolute atomic E-state index is 0.158. The van der Waals surface area contributed by atoms with Crippen molar-refractivity contribution in [3.8, 4) is 0 Å². The molecule has 1 aliphatic rings. The van der Waals surface area contributed by atoms with Gasteiger partial charge in [-0.1, -0.05) is 49.9 Å². The average Bonchev–Trinajstić information content (AvgIpc) is 2.52. The monoisotopic (exact) mass is 251 g/mol. The summed E-state index contributed by atoms with van der Waals surface area (Å²) < 4.78 is 0. The lowest BCUT2D eigenvalue weighted by molar-refractivity contribution is 0.371. The summed E-state index contributed by atoms with van der Waals surface area (Å²) in [6.07, 6.45) is 7.28. The summed E-state index contributed by atoms with van der Waals surface area (Å²) in [5.74, 6) is 0.861. The number of halogens is 1. The van der Waals surface area contributed by atoms with Crippen LogP contribution in [0.5, 0.6) is 0 Å². The molecule has 0 spiro atoms. The maximum atomic E-state index is 6.61. The molecule has 0 heterocycles. The molecular formula is C15H22ClN. The fourth-order valence-corrected chi connectivity index (χ4v) is 3.12. The number of rotatable bonds is 2. The smallest absolute Gasteiger partial charge is 0.0410 e. The molecule has 2 N–H and O–H groups in total. The van der Waals surface area contributed by atoms with Gasteiger partial charge in [0, 0.05) is 10.6 Å². The molecule has 1 aliphatic carbocycles. The summed E-state index contributed by atoms with van der Waals surface area (Å²) in [6, 6.07) is 8.08. The third-order valence-corrected chi connectivity index (χ3v) is 4.45. The Morgan fingerprint density at radius 1 is 1.35 bits per heavy atom. The highest BCUT2D eigenvalue weighted by Crippen LogP contribution is 2.37. The molecule has 0 amide bonds. The maximum Gasteiger partial charge on any atom is 0.0410 e. The minimum atomic E-state index is -0.158. The quantitative estimate of drug-likeness (QED) is 0.771. The van der Waals surface area contributed by atoms with Crippen LogP contribution in [0.3, 0.4) is 0 Å². The van der Waals surface area contributed by atoms with Gasteiger partial charge < -0.3 is 5.73 Å². The number of nitrogens with two attached hydrogens (primary N) is 1. The summed E-state index contributed by atoms with van der Waals surface area (Å²) in [7, 11) is 0. The Morgan fingerprint density at radius 3 is 2.88 bits per heavy atom. The zero-order valence-corrected chi connectivity index (χ0v) is 11.3. The Balaban J connectivity index is 2.18. The van der Waals surface area contributed by atoms with Gasteiger partial charge in [-0.15, -0.1) is 0 Å². The van der Waals surface area contributed by atoms with Crippen molar-refractivity contribution in [2.75, 3.05) is 0 Å². The first-order valence-corrected chi connectivity index (χ1v) is 7.07. The number of hydrogen-bond acceptors (Lipinski definition) is 1. The van der Waals surface area contributed by atoms with Gasteiger partial charge in [0.15, 0.2) is 0 Å². The Bertz CT molecular complexity index is 377. The van der Waals surface area contributed by atoms with E-state index < -0.39 is 0 Å². The van der Waals surface area contributed by atoms with E-state index in [2.05, 4.69) is 13.0 Å². The zero-order chi connectivity index (χ0) is 12.3. The SMILES string of the molecule is CCC1CCCC(N)(c2cccc(Cl)c2)CC1. The fourth-order valence-electron chi connectivity index (χ4n) is 2.93. The topological polar surface area (TPSA) is 26.0 Å². The maximum absolute atomic E-state index is 6.61. The van der Waals surface area contributed by atoms with Gasteiger partial charge in [-0.05, 0) is 42.9 Å². The van der Waals surface area contributed by atoms with Crippen LogP contribution in [0.4, 0.5) is 0 Å². The lowest BCUT2D eigenvalue weighted by Crippen LogP contribution is -2.36. The molecule has 0 aromatic heterocycles. The molecule has 94 valence electrons. The first-order valence-electron chi connectivity index (χ1n) is 6.69. The lowest BCUT2D eigenvalue weighted by Gasteiger charge is -2.29. The molecule has 1 aromatic carbocycles. The largest absolute Gasteiger partial charge is 0.321 e. The van der Waals surface area contributed by atoms with Crippen molar-refractivity contribution in [2.24, 2.45) is 11.7 Å². The molecule has 0 radical (unpaired) electrons. The van der Waals surface area contributed by atoms with Crippen molar-refractivity contribution in [3.63, 3.8) is 0 Å². The van der Waals surface area contributed by atoms with Gasteiger partial charge in [0.1, 0.15) is 0 Å². The van der Waals surface area contributed by atoms with E-state index in [9.17, 15) is 0 Å². The van der Waals surface area contributed by atoms with E-state index in [-0.39, 0.29) is 5.54 Å². The highest BCUT2D eigenvalue weighted by Gasteiger charge is 2.30. The van der Waals surface area contributed by atoms with Crippen LogP contribution in [0.25, 0.3) is 0 Å². The predicted molar refractivity (Wildman–Crippen MR) is 74.2 cm³/mol. The van der Waals surface area contributed by atoms with Gasteiger partial charge in [-0.3, -0.25) is 0 Å². The molecule has 1 fully saturated rings. The first-order chi connectivity index (χ1) is 8.14. The standard InChI is InChI=1S/C15H22ClN/c1-2-12-5-4-9-15(17,10-8-12)13-6-3-7-14(16)11-13/h3,6-7,11-12H,2,4-5,8-10,17H2,1H3. The number of benzene rings is 1. The second-order valence-corrected chi connectivity index (χ2v) is 5.81. The van der Waals surface area contributed by atoms with Crippen molar-refractivity contribution < 1.29 is 0 Å². The summed E-state index contributed by atoms with van der Waals surface area (Å²) in [5.41, 5.74) is 7.66. The van der Waals surface area contributed by atoms with Gasteiger partial charge in [0.05, 0.1) is 0 Å². The second-order valence-electron chi connectivity index (χ2n) is 5.37. The lowest BCUT2D eigenvalue weighted by atomic mass is 9.83. The van der Waals surface area contributed by atoms with Gasteiger partial charge in [-0.25, -0.2) is 0 Å². The van der Waals surface area contributed by atoms with E-state index in [4.69, 9.17) is 17.3 Å². The zero-order valence-electron chi connectivity index (χ0n) is 10.6. The third-order valence-electron chi connectivity index (χ3n) is 4.21. The molecule has 0 saturated heterocycles. The van der Waals surface area contributed by atoms with Crippen LogP contribution in [0.1, 0.15) is 51.0 Å². The molecule has 2 atom stereocenters. The minimum Gasteiger partial charge on any atom is -0.321 e. The van der Waals surface area contributed by atoms with Crippen LogP contribution in [0.15, 0.2) is 24.3 Å².